The van der Waals surface area contributed by atoms with Crippen LogP contribution in [0.1, 0.15) is 56.4 Å². The number of hydrogen-bond acceptors (Lipinski definition) is 4. The van der Waals surface area contributed by atoms with Gasteiger partial charge in [-0.1, -0.05) is 66.0 Å². The molecule has 10 heteroatoms. The first kappa shape index (κ1) is 33.4. The average molecular weight is 633 g/mol. The van der Waals surface area contributed by atoms with Crippen LogP contribution in [0.3, 0.4) is 0 Å². The van der Waals surface area contributed by atoms with E-state index in [4.69, 9.17) is 23.2 Å². The zero-order valence-electron chi connectivity index (χ0n) is 25.2. The molecule has 0 saturated carbocycles. The second-order valence-corrected chi connectivity index (χ2v) is 14.2. The maximum Gasteiger partial charge on any atom is 0.264 e. The Labute approximate surface area is 259 Å². The van der Waals surface area contributed by atoms with Crippen LogP contribution in [-0.4, -0.2) is 43.3 Å². The van der Waals surface area contributed by atoms with Crippen molar-refractivity contribution >= 4 is 50.7 Å². The van der Waals surface area contributed by atoms with Gasteiger partial charge in [0.15, 0.2) is 0 Å². The number of halogens is 2. The maximum atomic E-state index is 14.3. The van der Waals surface area contributed by atoms with Crippen molar-refractivity contribution in [1.29, 1.82) is 0 Å². The van der Waals surface area contributed by atoms with Gasteiger partial charge >= 0.3 is 0 Å². The molecule has 0 heterocycles. The molecule has 1 N–H and O–H groups in total. The van der Waals surface area contributed by atoms with E-state index >= 15 is 0 Å². The van der Waals surface area contributed by atoms with Crippen molar-refractivity contribution in [1.82, 2.24) is 10.2 Å². The molecule has 42 heavy (non-hydrogen) atoms. The van der Waals surface area contributed by atoms with Crippen molar-refractivity contribution in [2.45, 2.75) is 77.9 Å². The molecule has 0 aliphatic carbocycles. The average Bonchev–Trinajstić information content (AvgIpc) is 2.89. The fourth-order valence-electron chi connectivity index (χ4n) is 4.54. The first-order valence-electron chi connectivity index (χ1n) is 13.8. The Morgan fingerprint density at radius 1 is 0.905 bits per heavy atom. The number of rotatable bonds is 10. The number of hydrogen-bond donors (Lipinski definition) is 1. The summed E-state index contributed by atoms with van der Waals surface area (Å²) in [7, 11) is -4.17. The van der Waals surface area contributed by atoms with Crippen LogP contribution < -0.4 is 9.62 Å². The highest BCUT2D eigenvalue weighted by molar-refractivity contribution is 7.92. The summed E-state index contributed by atoms with van der Waals surface area (Å²) in [6.45, 7) is 12.4. The first-order chi connectivity index (χ1) is 19.5. The van der Waals surface area contributed by atoms with E-state index in [9.17, 15) is 18.0 Å². The van der Waals surface area contributed by atoms with Gasteiger partial charge in [-0.05, 0) is 95.0 Å². The lowest BCUT2D eigenvalue weighted by atomic mass is 10.1. The topological polar surface area (TPSA) is 86.8 Å². The van der Waals surface area contributed by atoms with Crippen LogP contribution >= 0.6 is 23.2 Å². The standard InChI is InChI=1S/C32H39Cl2N3O4S/c1-8-28(31(39)35-32(5,6)7)36(19-24-13-14-25(33)18-27(24)34)30(38)20-37(29-17-22(3)9-12-23(29)4)42(40,41)26-15-10-21(2)11-16-26/h9-18,28H,8,19-20H2,1-7H3,(H,35,39). The molecule has 0 saturated heterocycles. The number of amides is 2. The number of sulfonamides is 1. The smallest absolute Gasteiger partial charge is 0.264 e. The molecule has 0 aromatic heterocycles. The van der Waals surface area contributed by atoms with Gasteiger partial charge in [0.1, 0.15) is 12.6 Å². The number of benzene rings is 3. The van der Waals surface area contributed by atoms with Gasteiger partial charge in [0, 0.05) is 22.1 Å². The number of anilines is 1. The quantitative estimate of drug-likeness (QED) is 0.265. The number of nitrogens with one attached hydrogen (secondary N) is 1. The van der Waals surface area contributed by atoms with Gasteiger partial charge in [-0.25, -0.2) is 8.42 Å². The maximum absolute atomic E-state index is 14.3. The van der Waals surface area contributed by atoms with E-state index < -0.39 is 34.1 Å². The molecular formula is C32H39Cl2N3O4S. The highest BCUT2D eigenvalue weighted by atomic mass is 35.5. The highest BCUT2D eigenvalue weighted by Crippen LogP contribution is 2.30. The fourth-order valence-corrected chi connectivity index (χ4v) is 6.48. The van der Waals surface area contributed by atoms with Crippen molar-refractivity contribution in [3.63, 3.8) is 0 Å². The molecule has 3 aromatic rings. The van der Waals surface area contributed by atoms with Crippen molar-refractivity contribution in [3.05, 3.63) is 93.0 Å². The van der Waals surface area contributed by atoms with Gasteiger partial charge in [0.25, 0.3) is 10.0 Å². The Morgan fingerprint density at radius 2 is 1.52 bits per heavy atom. The van der Waals surface area contributed by atoms with Crippen molar-refractivity contribution in [2.24, 2.45) is 0 Å². The molecule has 0 aliphatic heterocycles. The van der Waals surface area contributed by atoms with Gasteiger partial charge < -0.3 is 10.2 Å². The van der Waals surface area contributed by atoms with Crippen LogP contribution in [0.15, 0.2) is 65.6 Å². The lowest BCUT2D eigenvalue weighted by Crippen LogP contribution is -2.55. The van der Waals surface area contributed by atoms with Crippen LogP contribution in [0.4, 0.5) is 5.69 Å². The second kappa shape index (κ2) is 13.5. The molecule has 226 valence electrons. The SMILES string of the molecule is CCC(C(=O)NC(C)(C)C)N(Cc1ccc(Cl)cc1Cl)C(=O)CN(c1cc(C)ccc1C)S(=O)(=O)c1ccc(C)cc1. The molecule has 0 fully saturated rings. The predicted molar refractivity (Wildman–Crippen MR) is 171 cm³/mol. The molecule has 7 nitrogen and oxygen atoms in total. The van der Waals surface area contributed by atoms with Gasteiger partial charge in [-0.15, -0.1) is 0 Å². The molecular weight excluding hydrogens is 593 g/mol. The monoisotopic (exact) mass is 631 g/mol. The Kier molecular flexibility index (Phi) is 10.7. The molecule has 1 unspecified atom stereocenters. The summed E-state index contributed by atoms with van der Waals surface area (Å²) in [6, 6.07) is 16.0. The third-order valence-electron chi connectivity index (χ3n) is 6.76. The first-order valence-corrected chi connectivity index (χ1v) is 15.9. The minimum atomic E-state index is -4.17. The minimum Gasteiger partial charge on any atom is -0.350 e. The van der Waals surface area contributed by atoms with Gasteiger partial charge in [-0.2, -0.15) is 0 Å². The van der Waals surface area contributed by atoms with E-state index in [0.29, 0.717) is 33.3 Å². The van der Waals surface area contributed by atoms with E-state index in [1.165, 1.54) is 17.0 Å². The lowest BCUT2D eigenvalue weighted by Gasteiger charge is -2.35. The van der Waals surface area contributed by atoms with Gasteiger partial charge in [0.05, 0.1) is 10.6 Å². The summed E-state index contributed by atoms with van der Waals surface area (Å²) in [5.74, 6) is -0.892. The zero-order valence-corrected chi connectivity index (χ0v) is 27.5. The van der Waals surface area contributed by atoms with Crippen molar-refractivity contribution in [2.75, 3.05) is 10.8 Å². The molecule has 0 aliphatic rings. The normalized spacial score (nSPS) is 12.5. The number of nitrogens with zero attached hydrogens (tertiary/aromatic N) is 2. The van der Waals surface area contributed by atoms with E-state index in [2.05, 4.69) is 5.32 Å². The van der Waals surface area contributed by atoms with Crippen molar-refractivity contribution < 1.29 is 18.0 Å². The van der Waals surface area contributed by atoms with Gasteiger partial charge in [-0.3, -0.25) is 13.9 Å². The predicted octanol–water partition coefficient (Wildman–Crippen LogP) is 6.84. The summed E-state index contributed by atoms with van der Waals surface area (Å²) < 4.78 is 29.4. The zero-order chi connectivity index (χ0) is 31.4. The van der Waals surface area contributed by atoms with Crippen LogP contribution in [0.25, 0.3) is 0 Å². The Bertz CT molecular complexity index is 1550. The summed E-state index contributed by atoms with van der Waals surface area (Å²) in [5.41, 5.74) is 2.86. The van der Waals surface area contributed by atoms with E-state index in [-0.39, 0.29) is 17.3 Å². The summed E-state index contributed by atoms with van der Waals surface area (Å²) in [5, 5.41) is 3.73. The molecule has 3 aromatic carbocycles. The molecule has 0 radical (unpaired) electrons. The van der Waals surface area contributed by atoms with Crippen LogP contribution in [0.2, 0.25) is 10.0 Å². The summed E-state index contributed by atoms with van der Waals surface area (Å²) in [6.07, 6.45) is 0.299. The Balaban J connectivity index is 2.14. The number of aryl methyl sites for hydroxylation is 3. The lowest BCUT2D eigenvalue weighted by molar-refractivity contribution is -0.141. The van der Waals surface area contributed by atoms with Crippen LogP contribution in [0, 0.1) is 20.8 Å². The second-order valence-electron chi connectivity index (χ2n) is 11.5. The van der Waals surface area contributed by atoms with Crippen LogP contribution in [0.5, 0.6) is 0 Å². The number of carbonyl (C=O) groups is 2. The molecule has 2 amide bonds. The Morgan fingerprint density at radius 3 is 2.10 bits per heavy atom. The molecule has 0 spiro atoms. The largest absolute Gasteiger partial charge is 0.350 e. The number of carbonyl (C=O) groups excluding carboxylic acids is 2. The molecule has 0 bridgehead atoms. The summed E-state index contributed by atoms with van der Waals surface area (Å²) >= 11 is 12.6. The van der Waals surface area contributed by atoms with E-state index in [1.54, 1.807) is 43.3 Å². The molecule has 3 rings (SSSR count). The minimum absolute atomic E-state index is 0.0177. The third-order valence-corrected chi connectivity index (χ3v) is 9.12. The van der Waals surface area contributed by atoms with Crippen molar-refractivity contribution in [3.8, 4) is 0 Å². The van der Waals surface area contributed by atoms with Gasteiger partial charge in [0.2, 0.25) is 11.8 Å². The van der Waals surface area contributed by atoms with E-state index in [0.717, 1.165) is 15.4 Å². The molecule has 1 atom stereocenters. The highest BCUT2D eigenvalue weighted by Gasteiger charge is 2.35. The fraction of sp³-hybridized carbons (Fsp3) is 0.375. The Hall–Kier alpha value is -3.07. The third kappa shape index (κ3) is 8.27. The summed E-state index contributed by atoms with van der Waals surface area (Å²) in [4.78, 5) is 29.2. The van der Waals surface area contributed by atoms with Crippen LogP contribution in [-0.2, 0) is 26.2 Å². The van der Waals surface area contributed by atoms with E-state index in [1.807, 2.05) is 53.7 Å².